The van der Waals surface area contributed by atoms with E-state index in [9.17, 15) is 5.11 Å². The van der Waals surface area contributed by atoms with Crippen LogP contribution in [-0.2, 0) is 0 Å². The molecular weight excluding hydrogens is 286 g/mol. The fourth-order valence-corrected chi connectivity index (χ4v) is 2.04. The van der Waals surface area contributed by atoms with Crippen molar-refractivity contribution in [1.82, 2.24) is 0 Å². The lowest BCUT2D eigenvalue weighted by molar-refractivity contribution is 0.217. The Kier molecular flexibility index (Phi) is 5.74. The average Bonchev–Trinajstić information content (AvgIpc) is 2.35. The number of hydrogen-bond acceptors (Lipinski definition) is 4. The number of benzene rings is 1. The molecule has 0 aliphatic rings. The Labute approximate surface area is 110 Å². The van der Waals surface area contributed by atoms with E-state index in [0.717, 1.165) is 15.9 Å². The van der Waals surface area contributed by atoms with Crippen molar-refractivity contribution in [3.63, 3.8) is 0 Å². The minimum atomic E-state index is -0.122. The SMILES string of the molecule is COc1ccc(Br)cc1N(C)C(CO)CCO. The molecule has 0 saturated heterocycles. The number of likely N-dealkylation sites (N-methyl/N-ethyl adjacent to an activating group) is 1. The van der Waals surface area contributed by atoms with Crippen molar-refractivity contribution in [1.29, 1.82) is 0 Å². The molecule has 1 aromatic rings. The standard InChI is InChI=1S/C12H18BrNO3/c1-14(10(8-16)5-6-15)11-7-9(13)3-4-12(11)17-2/h3-4,7,10,15-16H,5-6,8H2,1-2H3. The molecule has 0 aromatic heterocycles. The zero-order valence-corrected chi connectivity index (χ0v) is 11.6. The van der Waals surface area contributed by atoms with Gasteiger partial charge in [0.15, 0.2) is 0 Å². The van der Waals surface area contributed by atoms with Crippen LogP contribution in [0.15, 0.2) is 22.7 Å². The second-order valence-corrected chi connectivity index (χ2v) is 4.69. The number of nitrogens with zero attached hydrogens (tertiary/aromatic N) is 1. The minimum Gasteiger partial charge on any atom is -0.495 e. The van der Waals surface area contributed by atoms with Crippen LogP contribution in [0.2, 0.25) is 0 Å². The number of rotatable bonds is 6. The molecule has 0 aliphatic heterocycles. The summed E-state index contributed by atoms with van der Waals surface area (Å²) in [6, 6.07) is 5.57. The quantitative estimate of drug-likeness (QED) is 0.839. The van der Waals surface area contributed by atoms with E-state index in [1.54, 1.807) is 7.11 Å². The molecule has 0 bridgehead atoms. The van der Waals surface area contributed by atoms with Gasteiger partial charge in [-0.05, 0) is 24.6 Å². The Bertz CT molecular complexity index is 360. The molecule has 5 heteroatoms. The summed E-state index contributed by atoms with van der Waals surface area (Å²) in [4.78, 5) is 1.92. The van der Waals surface area contributed by atoms with E-state index >= 15 is 0 Å². The maximum Gasteiger partial charge on any atom is 0.142 e. The third kappa shape index (κ3) is 3.59. The predicted octanol–water partition coefficient (Wildman–Crippen LogP) is 1.64. The molecular formula is C12H18BrNO3. The summed E-state index contributed by atoms with van der Waals surface area (Å²) in [7, 11) is 3.49. The topological polar surface area (TPSA) is 52.9 Å². The monoisotopic (exact) mass is 303 g/mol. The summed E-state index contributed by atoms with van der Waals surface area (Å²) >= 11 is 3.41. The van der Waals surface area contributed by atoms with Gasteiger partial charge in [0.05, 0.1) is 25.4 Å². The van der Waals surface area contributed by atoms with Crippen molar-refractivity contribution >= 4 is 21.6 Å². The molecule has 1 atom stereocenters. The summed E-state index contributed by atoms with van der Waals surface area (Å²) in [6.45, 7) is 0.0403. The van der Waals surface area contributed by atoms with Gasteiger partial charge < -0.3 is 19.8 Å². The molecule has 96 valence electrons. The lowest BCUT2D eigenvalue weighted by atomic mass is 10.1. The lowest BCUT2D eigenvalue weighted by Gasteiger charge is -2.29. The van der Waals surface area contributed by atoms with E-state index in [1.165, 1.54) is 0 Å². The first-order chi connectivity index (χ1) is 8.13. The molecule has 0 spiro atoms. The summed E-state index contributed by atoms with van der Waals surface area (Å²) in [5.41, 5.74) is 0.884. The Morgan fingerprint density at radius 2 is 2.12 bits per heavy atom. The third-order valence-corrected chi connectivity index (χ3v) is 3.23. The van der Waals surface area contributed by atoms with Crippen molar-refractivity contribution in [2.45, 2.75) is 12.5 Å². The zero-order valence-electron chi connectivity index (χ0n) is 10.1. The number of aliphatic hydroxyl groups excluding tert-OH is 2. The molecule has 17 heavy (non-hydrogen) atoms. The predicted molar refractivity (Wildman–Crippen MR) is 71.7 cm³/mol. The van der Waals surface area contributed by atoms with Gasteiger partial charge in [-0.15, -0.1) is 0 Å². The average molecular weight is 304 g/mol. The number of halogens is 1. The van der Waals surface area contributed by atoms with Crippen molar-refractivity contribution < 1.29 is 14.9 Å². The first-order valence-corrected chi connectivity index (χ1v) is 6.21. The molecule has 0 amide bonds. The van der Waals surface area contributed by atoms with E-state index in [4.69, 9.17) is 9.84 Å². The molecule has 0 aliphatic carbocycles. The van der Waals surface area contributed by atoms with Crippen LogP contribution >= 0.6 is 15.9 Å². The van der Waals surface area contributed by atoms with Gasteiger partial charge >= 0.3 is 0 Å². The highest BCUT2D eigenvalue weighted by Gasteiger charge is 2.17. The Morgan fingerprint density at radius 3 is 2.65 bits per heavy atom. The van der Waals surface area contributed by atoms with Crippen LogP contribution in [-0.4, -0.2) is 43.6 Å². The van der Waals surface area contributed by atoms with Crippen LogP contribution < -0.4 is 9.64 Å². The molecule has 1 aromatic carbocycles. The van der Waals surface area contributed by atoms with E-state index in [-0.39, 0.29) is 19.3 Å². The molecule has 4 nitrogen and oxygen atoms in total. The number of hydrogen-bond donors (Lipinski definition) is 2. The summed E-state index contributed by atoms with van der Waals surface area (Å²) in [6.07, 6.45) is 0.517. The molecule has 2 N–H and O–H groups in total. The second kappa shape index (κ2) is 6.83. The smallest absolute Gasteiger partial charge is 0.142 e. The molecule has 1 unspecified atom stereocenters. The normalized spacial score (nSPS) is 12.3. The molecule has 1 rings (SSSR count). The Morgan fingerprint density at radius 1 is 1.41 bits per heavy atom. The number of aliphatic hydroxyl groups is 2. The van der Waals surface area contributed by atoms with Gasteiger partial charge in [0.2, 0.25) is 0 Å². The highest BCUT2D eigenvalue weighted by molar-refractivity contribution is 9.10. The summed E-state index contributed by atoms with van der Waals surface area (Å²) in [5, 5.41) is 18.3. The molecule has 0 radical (unpaired) electrons. The van der Waals surface area contributed by atoms with Crippen LogP contribution in [0.4, 0.5) is 5.69 Å². The van der Waals surface area contributed by atoms with E-state index < -0.39 is 0 Å². The minimum absolute atomic E-state index is 0.00721. The van der Waals surface area contributed by atoms with E-state index in [1.807, 2.05) is 30.1 Å². The van der Waals surface area contributed by atoms with E-state index in [0.29, 0.717) is 6.42 Å². The zero-order chi connectivity index (χ0) is 12.8. The van der Waals surface area contributed by atoms with Gasteiger partial charge in [0, 0.05) is 18.1 Å². The maximum atomic E-state index is 9.32. The van der Waals surface area contributed by atoms with Crippen molar-refractivity contribution in [3.05, 3.63) is 22.7 Å². The van der Waals surface area contributed by atoms with Crippen molar-refractivity contribution in [3.8, 4) is 5.75 Å². The first kappa shape index (κ1) is 14.3. The van der Waals surface area contributed by atoms with Gasteiger partial charge in [-0.2, -0.15) is 0 Å². The number of anilines is 1. The highest BCUT2D eigenvalue weighted by atomic mass is 79.9. The molecule has 0 fully saturated rings. The summed E-state index contributed by atoms with van der Waals surface area (Å²) < 4.78 is 6.23. The van der Waals surface area contributed by atoms with Crippen molar-refractivity contribution in [2.75, 3.05) is 32.3 Å². The van der Waals surface area contributed by atoms with Crippen molar-refractivity contribution in [2.24, 2.45) is 0 Å². The van der Waals surface area contributed by atoms with Crippen LogP contribution in [0.3, 0.4) is 0 Å². The van der Waals surface area contributed by atoms with Gasteiger partial charge in [-0.3, -0.25) is 0 Å². The summed E-state index contributed by atoms with van der Waals surface area (Å²) in [5.74, 6) is 0.743. The molecule has 0 saturated carbocycles. The Hall–Kier alpha value is -0.780. The highest BCUT2D eigenvalue weighted by Crippen LogP contribution is 2.32. The van der Waals surface area contributed by atoms with Crippen LogP contribution in [0, 0.1) is 0 Å². The van der Waals surface area contributed by atoms with Gasteiger partial charge in [0.1, 0.15) is 5.75 Å². The van der Waals surface area contributed by atoms with Crippen LogP contribution in [0.1, 0.15) is 6.42 Å². The fraction of sp³-hybridized carbons (Fsp3) is 0.500. The van der Waals surface area contributed by atoms with Gasteiger partial charge in [0.25, 0.3) is 0 Å². The van der Waals surface area contributed by atoms with E-state index in [2.05, 4.69) is 15.9 Å². The van der Waals surface area contributed by atoms with Gasteiger partial charge in [-0.25, -0.2) is 0 Å². The molecule has 0 heterocycles. The maximum absolute atomic E-state index is 9.32. The fourth-order valence-electron chi connectivity index (χ4n) is 1.69. The first-order valence-electron chi connectivity index (χ1n) is 5.42. The number of ether oxygens (including phenoxy) is 1. The lowest BCUT2D eigenvalue weighted by Crippen LogP contribution is -2.35. The number of methoxy groups -OCH3 is 1. The third-order valence-electron chi connectivity index (χ3n) is 2.74. The Balaban J connectivity index is 2.99. The second-order valence-electron chi connectivity index (χ2n) is 3.78. The van der Waals surface area contributed by atoms with Crippen LogP contribution in [0.5, 0.6) is 5.75 Å². The van der Waals surface area contributed by atoms with Crippen LogP contribution in [0.25, 0.3) is 0 Å². The largest absolute Gasteiger partial charge is 0.495 e. The van der Waals surface area contributed by atoms with Gasteiger partial charge in [-0.1, -0.05) is 15.9 Å².